The quantitative estimate of drug-likeness (QED) is 0.101. The average molecular weight is 528 g/mol. The van der Waals surface area contributed by atoms with Crippen molar-refractivity contribution in [3.8, 4) is 35.8 Å². The SMILES string of the molecule is C#Cc1ccc2c(c1)C(=Nc1ccc(CCCCCCCCCCCCCCCC)cc1)c1cc(C#C)ccc1-2. The summed E-state index contributed by atoms with van der Waals surface area (Å²) in [5.74, 6) is 5.53. The molecule has 3 aromatic rings. The van der Waals surface area contributed by atoms with Gasteiger partial charge in [-0.3, -0.25) is 0 Å². The van der Waals surface area contributed by atoms with Gasteiger partial charge in [-0.15, -0.1) is 12.8 Å². The van der Waals surface area contributed by atoms with Crippen molar-refractivity contribution >= 4 is 11.4 Å². The van der Waals surface area contributed by atoms with Crippen LogP contribution in [0.25, 0.3) is 11.1 Å². The van der Waals surface area contributed by atoms with Crippen LogP contribution in [0.15, 0.2) is 65.7 Å². The van der Waals surface area contributed by atoms with Gasteiger partial charge in [-0.2, -0.15) is 0 Å². The average Bonchev–Trinajstić information content (AvgIpc) is 3.29. The van der Waals surface area contributed by atoms with Gasteiger partial charge in [0.2, 0.25) is 0 Å². The molecule has 1 aliphatic rings. The van der Waals surface area contributed by atoms with Crippen LogP contribution in [0.3, 0.4) is 0 Å². The van der Waals surface area contributed by atoms with Gasteiger partial charge in [0.25, 0.3) is 0 Å². The number of hydrogen-bond acceptors (Lipinski definition) is 1. The highest BCUT2D eigenvalue weighted by atomic mass is 14.8. The fraction of sp³-hybridized carbons (Fsp3) is 0.410. The lowest BCUT2D eigenvalue weighted by Gasteiger charge is -2.06. The molecule has 1 nitrogen and oxygen atoms in total. The Balaban J connectivity index is 1.23. The Bertz CT molecular complexity index is 1280. The maximum Gasteiger partial charge on any atom is 0.0794 e. The van der Waals surface area contributed by atoms with Gasteiger partial charge in [0, 0.05) is 22.3 Å². The minimum atomic E-state index is 0.861. The molecule has 0 spiro atoms. The Morgan fingerprint density at radius 1 is 0.525 bits per heavy atom. The molecule has 4 rings (SSSR count). The fourth-order valence-electron chi connectivity index (χ4n) is 5.79. The van der Waals surface area contributed by atoms with Crippen LogP contribution < -0.4 is 0 Å². The number of aryl methyl sites for hydroxylation is 1. The second kappa shape index (κ2) is 15.9. The van der Waals surface area contributed by atoms with Gasteiger partial charge in [0.1, 0.15) is 0 Å². The molecule has 1 heteroatoms. The number of aliphatic imine (C=N–C) groups is 1. The Morgan fingerprint density at radius 3 is 1.43 bits per heavy atom. The lowest BCUT2D eigenvalue weighted by atomic mass is 10.0. The molecule has 0 fully saturated rings. The van der Waals surface area contributed by atoms with E-state index in [1.165, 1.54) is 95.5 Å². The molecule has 206 valence electrons. The number of unbranched alkanes of at least 4 members (excludes halogenated alkanes) is 13. The summed E-state index contributed by atoms with van der Waals surface area (Å²) < 4.78 is 0. The Hall–Kier alpha value is -3.55. The molecule has 3 aromatic carbocycles. The molecule has 0 atom stereocenters. The summed E-state index contributed by atoms with van der Waals surface area (Å²) in [4.78, 5) is 5.09. The van der Waals surface area contributed by atoms with Crippen LogP contribution in [0, 0.1) is 24.7 Å². The van der Waals surface area contributed by atoms with E-state index in [-0.39, 0.29) is 0 Å². The van der Waals surface area contributed by atoms with Crippen molar-refractivity contribution in [2.75, 3.05) is 0 Å². The predicted octanol–water partition coefficient (Wildman–Crippen LogP) is 10.8. The first-order valence-electron chi connectivity index (χ1n) is 15.6. The maximum absolute atomic E-state index is 5.70. The van der Waals surface area contributed by atoms with Gasteiger partial charge in [-0.25, -0.2) is 4.99 Å². The van der Waals surface area contributed by atoms with E-state index in [9.17, 15) is 0 Å². The van der Waals surface area contributed by atoms with Crippen molar-refractivity contribution in [2.24, 2.45) is 4.99 Å². The van der Waals surface area contributed by atoms with E-state index < -0.39 is 0 Å². The molecular formula is C39H45N. The third-order valence-electron chi connectivity index (χ3n) is 8.17. The molecule has 0 aromatic heterocycles. The first-order chi connectivity index (χ1) is 19.7. The maximum atomic E-state index is 5.70. The number of fused-ring (bicyclic) bond motifs is 3. The van der Waals surface area contributed by atoms with Crippen molar-refractivity contribution in [2.45, 2.75) is 103 Å². The van der Waals surface area contributed by atoms with Crippen molar-refractivity contribution in [3.05, 3.63) is 88.5 Å². The molecule has 0 N–H and O–H groups in total. The molecule has 0 amide bonds. The number of benzene rings is 3. The van der Waals surface area contributed by atoms with Crippen molar-refractivity contribution in [1.82, 2.24) is 0 Å². The predicted molar refractivity (Wildman–Crippen MR) is 174 cm³/mol. The van der Waals surface area contributed by atoms with Crippen molar-refractivity contribution in [3.63, 3.8) is 0 Å². The molecule has 40 heavy (non-hydrogen) atoms. The van der Waals surface area contributed by atoms with Gasteiger partial charge in [0.05, 0.1) is 11.4 Å². The minimum absolute atomic E-state index is 0.861. The number of rotatable bonds is 16. The topological polar surface area (TPSA) is 12.4 Å². The molecule has 0 unspecified atom stereocenters. The third kappa shape index (κ3) is 8.23. The van der Waals surface area contributed by atoms with Crippen molar-refractivity contribution in [1.29, 1.82) is 0 Å². The van der Waals surface area contributed by atoms with E-state index >= 15 is 0 Å². The monoisotopic (exact) mass is 527 g/mol. The summed E-state index contributed by atoms with van der Waals surface area (Å²) in [7, 11) is 0. The van der Waals surface area contributed by atoms with E-state index in [0.717, 1.165) is 51.2 Å². The molecule has 0 radical (unpaired) electrons. The van der Waals surface area contributed by atoms with Gasteiger partial charge >= 0.3 is 0 Å². The summed E-state index contributed by atoms with van der Waals surface area (Å²) in [6, 6.07) is 21.0. The van der Waals surface area contributed by atoms with Gasteiger partial charge in [-0.05, 0) is 65.9 Å². The zero-order chi connectivity index (χ0) is 28.0. The fourth-order valence-corrected chi connectivity index (χ4v) is 5.79. The summed E-state index contributed by atoms with van der Waals surface area (Å²) in [6.45, 7) is 2.29. The van der Waals surface area contributed by atoms with Crippen LogP contribution in [-0.4, -0.2) is 5.71 Å². The van der Waals surface area contributed by atoms with Gasteiger partial charge < -0.3 is 0 Å². The lowest BCUT2D eigenvalue weighted by molar-refractivity contribution is 0.535. The van der Waals surface area contributed by atoms with E-state index in [0.29, 0.717) is 0 Å². The molecule has 0 bridgehead atoms. The molecule has 0 heterocycles. The van der Waals surface area contributed by atoms with E-state index in [2.05, 4.69) is 67.3 Å². The van der Waals surface area contributed by atoms with Gasteiger partial charge in [-0.1, -0.05) is 127 Å². The lowest BCUT2D eigenvalue weighted by Crippen LogP contribution is -1.99. The van der Waals surface area contributed by atoms with E-state index in [4.69, 9.17) is 17.8 Å². The van der Waals surface area contributed by atoms with Gasteiger partial charge in [0.15, 0.2) is 0 Å². The summed E-state index contributed by atoms with van der Waals surface area (Å²) in [6.07, 6.45) is 32.1. The molecule has 0 aliphatic heterocycles. The minimum Gasteiger partial charge on any atom is -0.248 e. The smallest absolute Gasteiger partial charge is 0.0794 e. The number of terminal acetylenes is 2. The third-order valence-corrected chi connectivity index (χ3v) is 8.17. The second-order valence-corrected chi connectivity index (χ2v) is 11.3. The number of hydrogen-bond donors (Lipinski definition) is 0. The molecular weight excluding hydrogens is 482 g/mol. The van der Waals surface area contributed by atoms with Crippen LogP contribution in [0.5, 0.6) is 0 Å². The van der Waals surface area contributed by atoms with Crippen LogP contribution in [0.1, 0.15) is 125 Å². The highest BCUT2D eigenvalue weighted by Gasteiger charge is 2.25. The summed E-state index contributed by atoms with van der Waals surface area (Å²) in [5.41, 5.74) is 9.47. The Labute approximate surface area is 243 Å². The van der Waals surface area contributed by atoms with Crippen molar-refractivity contribution < 1.29 is 0 Å². The highest BCUT2D eigenvalue weighted by molar-refractivity contribution is 6.25. The van der Waals surface area contributed by atoms with Crippen LogP contribution in [0.2, 0.25) is 0 Å². The van der Waals surface area contributed by atoms with Crippen LogP contribution in [0.4, 0.5) is 5.69 Å². The van der Waals surface area contributed by atoms with Crippen LogP contribution in [-0.2, 0) is 6.42 Å². The summed E-state index contributed by atoms with van der Waals surface area (Å²) in [5, 5.41) is 0. The Morgan fingerprint density at radius 2 is 0.975 bits per heavy atom. The molecule has 1 aliphatic carbocycles. The first-order valence-corrected chi connectivity index (χ1v) is 15.6. The number of nitrogens with zero attached hydrogens (tertiary/aromatic N) is 1. The van der Waals surface area contributed by atoms with E-state index in [1.807, 2.05) is 12.1 Å². The first kappa shape index (κ1) is 29.4. The zero-order valence-electron chi connectivity index (χ0n) is 24.5. The normalized spacial score (nSPS) is 11.5. The standard InChI is InChI=1S/C39H45N/c1-4-7-8-9-10-11-12-13-14-15-16-17-18-19-20-33-21-25-34(26-22-33)40-39-37-29-31(5-2)23-27-35(37)36-28-24-32(6-3)30-38(36)39/h2-3,21-30H,4,7-20H2,1H3. The largest absolute Gasteiger partial charge is 0.248 e. The molecule has 0 saturated carbocycles. The molecule has 0 saturated heterocycles. The second-order valence-electron chi connectivity index (χ2n) is 11.3. The van der Waals surface area contributed by atoms with Crippen LogP contribution >= 0.6 is 0 Å². The Kier molecular flexibility index (Phi) is 11.7. The highest BCUT2D eigenvalue weighted by Crippen LogP contribution is 2.39. The van der Waals surface area contributed by atoms with E-state index in [1.54, 1.807) is 0 Å². The zero-order valence-corrected chi connectivity index (χ0v) is 24.5. The summed E-state index contributed by atoms with van der Waals surface area (Å²) >= 11 is 0.